The molecule has 3 rings (SSSR count). The van der Waals surface area contributed by atoms with Crippen LogP contribution in [-0.4, -0.2) is 54.0 Å². The van der Waals surface area contributed by atoms with E-state index in [4.69, 9.17) is 9.47 Å². The molecule has 1 aliphatic heterocycles. The van der Waals surface area contributed by atoms with Crippen molar-refractivity contribution < 1.29 is 14.3 Å². The Hall–Kier alpha value is -2.19. The zero-order valence-corrected chi connectivity index (χ0v) is 14.6. The zero-order chi connectivity index (χ0) is 16.9. The number of hydrogen-bond donors (Lipinski definition) is 0. The average Bonchev–Trinajstić information content (AvgIpc) is 3.06. The fourth-order valence-electron chi connectivity index (χ4n) is 2.59. The molecule has 1 aromatic carbocycles. The van der Waals surface area contributed by atoms with Gasteiger partial charge in [-0.3, -0.25) is 4.79 Å². The van der Waals surface area contributed by atoms with Gasteiger partial charge in [-0.2, -0.15) is 4.37 Å². The second kappa shape index (κ2) is 7.59. The average molecular weight is 348 g/mol. The third kappa shape index (κ3) is 3.82. The van der Waals surface area contributed by atoms with Gasteiger partial charge in [0.05, 0.1) is 13.7 Å². The number of amides is 1. The van der Waals surface area contributed by atoms with Gasteiger partial charge < -0.3 is 19.3 Å². The van der Waals surface area contributed by atoms with Crippen molar-refractivity contribution >= 4 is 22.6 Å². The molecule has 0 saturated carbocycles. The summed E-state index contributed by atoms with van der Waals surface area (Å²) in [6, 6.07) is 7.80. The molecule has 2 aromatic rings. The summed E-state index contributed by atoms with van der Waals surface area (Å²) < 4.78 is 14.5. The summed E-state index contributed by atoms with van der Waals surface area (Å²) in [5.41, 5.74) is 1.06. The largest absolute Gasteiger partial charge is 0.497 e. The lowest BCUT2D eigenvalue weighted by atomic mass is 10.2. The number of benzene rings is 1. The van der Waals surface area contributed by atoms with Crippen LogP contribution >= 0.6 is 11.5 Å². The molecule has 1 aliphatic rings. The Morgan fingerprint density at radius 3 is 2.92 bits per heavy atom. The molecule has 1 fully saturated rings. The Morgan fingerprint density at radius 1 is 1.29 bits per heavy atom. The molecule has 0 bridgehead atoms. The maximum Gasteiger partial charge on any atom is 0.242 e. The molecular weight excluding hydrogens is 328 g/mol. The third-order valence-corrected chi connectivity index (χ3v) is 4.64. The molecule has 1 saturated heterocycles. The predicted octanol–water partition coefficient (Wildman–Crippen LogP) is 1.54. The Morgan fingerprint density at radius 2 is 2.17 bits per heavy atom. The zero-order valence-electron chi connectivity index (χ0n) is 13.8. The van der Waals surface area contributed by atoms with Gasteiger partial charge in [-0.1, -0.05) is 12.1 Å². The van der Waals surface area contributed by atoms with Gasteiger partial charge in [0.15, 0.2) is 5.82 Å². The van der Waals surface area contributed by atoms with Gasteiger partial charge in [-0.05, 0) is 17.7 Å². The number of piperazine rings is 1. The number of nitrogens with zero attached hydrogens (tertiary/aromatic N) is 4. The van der Waals surface area contributed by atoms with E-state index in [1.165, 1.54) is 11.5 Å². The van der Waals surface area contributed by atoms with E-state index in [0.29, 0.717) is 32.1 Å². The summed E-state index contributed by atoms with van der Waals surface area (Å²) in [6.45, 7) is 2.72. The van der Waals surface area contributed by atoms with Crippen LogP contribution < -0.4 is 9.64 Å². The molecule has 0 spiro atoms. The molecule has 0 radical (unpaired) electrons. The van der Waals surface area contributed by atoms with Crippen molar-refractivity contribution in [2.24, 2.45) is 0 Å². The summed E-state index contributed by atoms with van der Waals surface area (Å²) in [6.07, 6.45) is 0. The van der Waals surface area contributed by atoms with Gasteiger partial charge in [-0.15, -0.1) is 0 Å². The summed E-state index contributed by atoms with van der Waals surface area (Å²) in [4.78, 5) is 20.7. The first-order valence-electron chi connectivity index (χ1n) is 7.67. The van der Waals surface area contributed by atoms with E-state index < -0.39 is 0 Å². The molecule has 7 nitrogen and oxygen atoms in total. The maximum absolute atomic E-state index is 12.5. The monoisotopic (exact) mass is 348 g/mol. The number of aromatic nitrogens is 2. The lowest BCUT2D eigenvalue weighted by Gasteiger charge is -2.34. The van der Waals surface area contributed by atoms with Crippen molar-refractivity contribution in [3.8, 4) is 5.75 Å². The van der Waals surface area contributed by atoms with E-state index in [1.807, 2.05) is 34.1 Å². The van der Waals surface area contributed by atoms with Gasteiger partial charge in [0.1, 0.15) is 12.4 Å². The van der Waals surface area contributed by atoms with E-state index in [9.17, 15) is 4.79 Å². The lowest BCUT2D eigenvalue weighted by molar-refractivity contribution is -0.131. The van der Waals surface area contributed by atoms with Gasteiger partial charge >= 0.3 is 0 Å². The predicted molar refractivity (Wildman–Crippen MR) is 91.2 cm³/mol. The molecule has 8 heteroatoms. The smallest absolute Gasteiger partial charge is 0.242 e. The minimum absolute atomic E-state index is 0.0903. The van der Waals surface area contributed by atoms with E-state index in [0.717, 1.165) is 23.0 Å². The number of carbonyl (C=O) groups is 1. The topological polar surface area (TPSA) is 67.8 Å². The Kier molecular flexibility index (Phi) is 5.27. The molecule has 24 heavy (non-hydrogen) atoms. The highest BCUT2D eigenvalue weighted by Gasteiger charge is 2.26. The van der Waals surface area contributed by atoms with Crippen molar-refractivity contribution in [1.29, 1.82) is 0 Å². The first-order valence-corrected chi connectivity index (χ1v) is 8.44. The van der Waals surface area contributed by atoms with Gasteiger partial charge in [0, 0.05) is 38.3 Å². The van der Waals surface area contributed by atoms with Crippen LogP contribution in [0.15, 0.2) is 24.3 Å². The van der Waals surface area contributed by atoms with Crippen LogP contribution in [0.5, 0.6) is 5.75 Å². The molecule has 2 heterocycles. The summed E-state index contributed by atoms with van der Waals surface area (Å²) in [5.74, 6) is 1.55. The fourth-order valence-corrected chi connectivity index (χ4v) is 3.29. The Balaban J connectivity index is 1.61. The Labute approximate surface area is 145 Å². The normalized spacial score (nSPS) is 15.0. The maximum atomic E-state index is 12.5. The number of hydrogen-bond acceptors (Lipinski definition) is 7. The Bertz CT molecular complexity index is 706. The molecule has 0 N–H and O–H groups in total. The molecule has 128 valence electrons. The molecule has 0 unspecified atom stereocenters. The summed E-state index contributed by atoms with van der Waals surface area (Å²) >= 11 is 1.31. The number of ether oxygens (including phenoxy) is 2. The van der Waals surface area contributed by atoms with E-state index in [2.05, 4.69) is 9.36 Å². The number of rotatable bonds is 6. The van der Waals surface area contributed by atoms with Crippen LogP contribution in [0.1, 0.15) is 11.4 Å². The third-order valence-electron chi connectivity index (χ3n) is 3.83. The summed E-state index contributed by atoms with van der Waals surface area (Å²) in [7, 11) is 3.25. The minimum Gasteiger partial charge on any atom is -0.497 e. The highest BCUT2D eigenvalue weighted by Crippen LogP contribution is 2.21. The molecule has 1 amide bonds. The second-order valence-electron chi connectivity index (χ2n) is 5.51. The quantitative estimate of drug-likeness (QED) is 0.789. The molecule has 1 aromatic heterocycles. The van der Waals surface area contributed by atoms with Crippen LogP contribution in [0.2, 0.25) is 0 Å². The SMILES string of the molecule is COCc1nsc(N2CCN(Cc3cccc(OC)c3)C(=O)C2)n1. The van der Waals surface area contributed by atoms with Gasteiger partial charge in [0.25, 0.3) is 0 Å². The molecular formula is C16H20N4O3S. The first kappa shape index (κ1) is 16.7. The standard InChI is InChI=1S/C16H20N4O3S/c1-22-11-14-17-16(24-18-14)20-7-6-19(15(21)10-20)9-12-4-3-5-13(8-12)23-2/h3-5,8H,6-7,9-11H2,1-2H3. The van der Waals surface area contributed by atoms with Crippen molar-refractivity contribution in [1.82, 2.24) is 14.3 Å². The lowest BCUT2D eigenvalue weighted by Crippen LogP contribution is -2.50. The number of carbonyl (C=O) groups excluding carboxylic acids is 1. The second-order valence-corrected chi connectivity index (χ2v) is 6.24. The molecule has 0 atom stereocenters. The van der Waals surface area contributed by atoms with Crippen molar-refractivity contribution in [3.63, 3.8) is 0 Å². The van der Waals surface area contributed by atoms with Gasteiger partial charge in [0.2, 0.25) is 11.0 Å². The number of anilines is 1. The van der Waals surface area contributed by atoms with E-state index in [1.54, 1.807) is 14.2 Å². The molecule has 0 aliphatic carbocycles. The number of methoxy groups -OCH3 is 2. The van der Waals surface area contributed by atoms with Crippen molar-refractivity contribution in [2.45, 2.75) is 13.2 Å². The first-order chi connectivity index (χ1) is 11.7. The van der Waals surface area contributed by atoms with Crippen molar-refractivity contribution in [3.05, 3.63) is 35.7 Å². The van der Waals surface area contributed by atoms with Crippen LogP contribution in [0, 0.1) is 0 Å². The van der Waals surface area contributed by atoms with Crippen LogP contribution in [0.3, 0.4) is 0 Å². The highest BCUT2D eigenvalue weighted by atomic mass is 32.1. The van der Waals surface area contributed by atoms with Crippen LogP contribution in [-0.2, 0) is 22.7 Å². The fraction of sp³-hybridized carbons (Fsp3) is 0.438. The van der Waals surface area contributed by atoms with E-state index >= 15 is 0 Å². The minimum atomic E-state index is 0.0903. The van der Waals surface area contributed by atoms with Crippen LogP contribution in [0.25, 0.3) is 0 Å². The van der Waals surface area contributed by atoms with Crippen molar-refractivity contribution in [2.75, 3.05) is 38.8 Å². The van der Waals surface area contributed by atoms with E-state index in [-0.39, 0.29) is 5.91 Å². The van der Waals surface area contributed by atoms with Crippen LogP contribution in [0.4, 0.5) is 5.13 Å². The summed E-state index contributed by atoms with van der Waals surface area (Å²) in [5, 5.41) is 0.774. The van der Waals surface area contributed by atoms with Gasteiger partial charge in [-0.25, -0.2) is 4.98 Å². The highest BCUT2D eigenvalue weighted by molar-refractivity contribution is 7.09.